The maximum atomic E-state index is 12.1. The van der Waals surface area contributed by atoms with Crippen LogP contribution in [0.25, 0.3) is 6.08 Å². The summed E-state index contributed by atoms with van der Waals surface area (Å²) in [5, 5.41) is 4.66. The highest BCUT2D eigenvalue weighted by Gasteiger charge is 2.21. The van der Waals surface area contributed by atoms with Crippen molar-refractivity contribution in [2.24, 2.45) is 0 Å². The number of carbonyl (C=O) groups is 3. The Kier molecular flexibility index (Phi) is 6.34. The minimum absolute atomic E-state index is 0.00994. The van der Waals surface area contributed by atoms with E-state index in [-0.39, 0.29) is 24.1 Å². The van der Waals surface area contributed by atoms with E-state index in [0.717, 1.165) is 4.88 Å². The van der Waals surface area contributed by atoms with Gasteiger partial charge in [-0.05, 0) is 17.5 Å². The van der Waals surface area contributed by atoms with Crippen LogP contribution in [0, 0.1) is 0 Å². The van der Waals surface area contributed by atoms with E-state index in [9.17, 15) is 14.4 Å². The molecular weight excluding hydrogens is 314 g/mol. The molecule has 1 aromatic heterocycles. The first-order valence-corrected chi connectivity index (χ1v) is 8.47. The Morgan fingerprint density at radius 1 is 1.22 bits per heavy atom. The van der Waals surface area contributed by atoms with Gasteiger partial charge < -0.3 is 15.1 Å². The van der Waals surface area contributed by atoms with Gasteiger partial charge in [0, 0.05) is 57.0 Å². The van der Waals surface area contributed by atoms with Gasteiger partial charge in [0.05, 0.1) is 0 Å². The van der Waals surface area contributed by atoms with Crippen molar-refractivity contribution >= 4 is 35.1 Å². The van der Waals surface area contributed by atoms with Crippen LogP contribution in [0.15, 0.2) is 23.6 Å². The second-order valence-corrected chi connectivity index (χ2v) is 6.26. The molecular formula is C16H21N3O3S. The molecule has 23 heavy (non-hydrogen) atoms. The summed E-state index contributed by atoms with van der Waals surface area (Å²) >= 11 is 1.56. The summed E-state index contributed by atoms with van der Waals surface area (Å²) in [5.74, 6) is -0.148. The van der Waals surface area contributed by atoms with Crippen molar-refractivity contribution in [3.05, 3.63) is 28.5 Å². The van der Waals surface area contributed by atoms with E-state index in [0.29, 0.717) is 32.7 Å². The first-order chi connectivity index (χ1) is 11.1. The van der Waals surface area contributed by atoms with E-state index in [1.54, 1.807) is 27.2 Å². The number of amides is 3. The first kappa shape index (κ1) is 17.2. The lowest BCUT2D eigenvalue weighted by atomic mass is 10.2. The van der Waals surface area contributed by atoms with Crippen LogP contribution in [0.2, 0.25) is 0 Å². The highest BCUT2D eigenvalue weighted by molar-refractivity contribution is 7.10. The SMILES string of the molecule is CC(=O)N1CCN(C(=O)CCNC(=O)/C=C/c2cccs2)CC1. The third kappa shape index (κ3) is 5.52. The third-order valence-corrected chi connectivity index (χ3v) is 4.50. The fourth-order valence-corrected chi connectivity index (χ4v) is 2.94. The van der Waals surface area contributed by atoms with Crippen molar-refractivity contribution < 1.29 is 14.4 Å². The average Bonchev–Trinajstić information content (AvgIpc) is 3.06. The van der Waals surface area contributed by atoms with Crippen molar-refractivity contribution in [2.45, 2.75) is 13.3 Å². The van der Waals surface area contributed by atoms with Crippen LogP contribution in [0.1, 0.15) is 18.2 Å². The molecule has 0 unspecified atom stereocenters. The van der Waals surface area contributed by atoms with Gasteiger partial charge in [-0.3, -0.25) is 14.4 Å². The summed E-state index contributed by atoms with van der Waals surface area (Å²) in [6.45, 7) is 4.14. The fourth-order valence-electron chi connectivity index (χ4n) is 2.32. The van der Waals surface area contributed by atoms with Crippen LogP contribution in [0.5, 0.6) is 0 Å². The van der Waals surface area contributed by atoms with Gasteiger partial charge in [-0.15, -0.1) is 11.3 Å². The number of nitrogens with zero attached hydrogens (tertiary/aromatic N) is 2. The lowest BCUT2D eigenvalue weighted by molar-refractivity contribution is -0.138. The molecule has 0 aromatic carbocycles. The minimum atomic E-state index is -0.201. The molecule has 3 amide bonds. The van der Waals surface area contributed by atoms with Gasteiger partial charge in [0.15, 0.2) is 0 Å². The molecule has 2 rings (SSSR count). The molecule has 6 nitrogen and oxygen atoms in total. The highest BCUT2D eigenvalue weighted by Crippen LogP contribution is 2.09. The summed E-state index contributed by atoms with van der Waals surface area (Å²) in [6.07, 6.45) is 3.50. The predicted octanol–water partition coefficient (Wildman–Crippen LogP) is 0.958. The van der Waals surface area contributed by atoms with Crippen molar-refractivity contribution in [3.63, 3.8) is 0 Å². The number of thiophene rings is 1. The number of rotatable bonds is 5. The molecule has 1 fully saturated rings. The van der Waals surface area contributed by atoms with E-state index in [2.05, 4.69) is 5.32 Å². The Labute approximate surface area is 139 Å². The van der Waals surface area contributed by atoms with E-state index < -0.39 is 0 Å². The smallest absolute Gasteiger partial charge is 0.244 e. The Morgan fingerprint density at radius 2 is 1.91 bits per heavy atom. The molecule has 1 aliphatic rings. The highest BCUT2D eigenvalue weighted by atomic mass is 32.1. The molecule has 2 heterocycles. The number of carbonyl (C=O) groups excluding carboxylic acids is 3. The van der Waals surface area contributed by atoms with Gasteiger partial charge in [0.25, 0.3) is 0 Å². The molecule has 0 aliphatic carbocycles. The van der Waals surface area contributed by atoms with Gasteiger partial charge >= 0.3 is 0 Å². The lowest BCUT2D eigenvalue weighted by Gasteiger charge is -2.34. The van der Waals surface area contributed by atoms with Gasteiger partial charge in [0.1, 0.15) is 0 Å². The van der Waals surface area contributed by atoms with Crippen LogP contribution in [0.3, 0.4) is 0 Å². The molecule has 124 valence electrons. The fraction of sp³-hybridized carbons (Fsp3) is 0.438. The number of hydrogen-bond acceptors (Lipinski definition) is 4. The Hall–Kier alpha value is -2.15. The maximum absolute atomic E-state index is 12.1. The quantitative estimate of drug-likeness (QED) is 0.815. The molecule has 1 saturated heterocycles. The summed E-state index contributed by atoms with van der Waals surface area (Å²) in [6, 6.07) is 3.85. The van der Waals surface area contributed by atoms with E-state index in [1.807, 2.05) is 17.5 Å². The van der Waals surface area contributed by atoms with Crippen LogP contribution in [-0.4, -0.2) is 60.2 Å². The number of nitrogens with one attached hydrogen (secondary N) is 1. The Morgan fingerprint density at radius 3 is 2.52 bits per heavy atom. The molecule has 0 atom stereocenters. The maximum Gasteiger partial charge on any atom is 0.244 e. The molecule has 0 bridgehead atoms. The van der Waals surface area contributed by atoms with Crippen LogP contribution in [0.4, 0.5) is 0 Å². The summed E-state index contributed by atoms with van der Waals surface area (Å²) in [5.41, 5.74) is 0. The van der Waals surface area contributed by atoms with Crippen molar-refractivity contribution in [3.8, 4) is 0 Å². The standard InChI is InChI=1S/C16H21N3O3S/c1-13(20)18-8-10-19(11-9-18)16(22)6-7-17-15(21)5-4-14-3-2-12-23-14/h2-5,12H,6-11H2,1H3,(H,17,21)/b5-4+. The first-order valence-electron chi connectivity index (χ1n) is 7.59. The van der Waals surface area contributed by atoms with Gasteiger partial charge in [-0.2, -0.15) is 0 Å². The largest absolute Gasteiger partial charge is 0.352 e. The minimum Gasteiger partial charge on any atom is -0.352 e. The zero-order valence-electron chi connectivity index (χ0n) is 13.2. The molecule has 0 radical (unpaired) electrons. The summed E-state index contributed by atoms with van der Waals surface area (Å²) < 4.78 is 0. The zero-order valence-corrected chi connectivity index (χ0v) is 14.0. The van der Waals surface area contributed by atoms with E-state index in [1.165, 1.54) is 13.0 Å². The van der Waals surface area contributed by atoms with Gasteiger partial charge in [0.2, 0.25) is 17.7 Å². The Balaban J connectivity index is 1.65. The number of piperazine rings is 1. The average molecular weight is 335 g/mol. The lowest BCUT2D eigenvalue weighted by Crippen LogP contribution is -2.50. The van der Waals surface area contributed by atoms with Crippen molar-refractivity contribution in [2.75, 3.05) is 32.7 Å². The molecule has 1 N–H and O–H groups in total. The van der Waals surface area contributed by atoms with E-state index >= 15 is 0 Å². The van der Waals surface area contributed by atoms with E-state index in [4.69, 9.17) is 0 Å². The molecule has 0 spiro atoms. The number of hydrogen-bond donors (Lipinski definition) is 1. The monoisotopic (exact) mass is 335 g/mol. The molecule has 1 aromatic rings. The van der Waals surface area contributed by atoms with Gasteiger partial charge in [-0.25, -0.2) is 0 Å². The second kappa shape index (κ2) is 8.47. The normalized spacial score (nSPS) is 15.0. The van der Waals surface area contributed by atoms with Crippen molar-refractivity contribution in [1.29, 1.82) is 0 Å². The second-order valence-electron chi connectivity index (χ2n) is 5.28. The topological polar surface area (TPSA) is 69.7 Å². The van der Waals surface area contributed by atoms with Crippen molar-refractivity contribution in [1.82, 2.24) is 15.1 Å². The van der Waals surface area contributed by atoms with Crippen LogP contribution in [-0.2, 0) is 14.4 Å². The van der Waals surface area contributed by atoms with Crippen LogP contribution >= 0.6 is 11.3 Å². The molecule has 1 aliphatic heterocycles. The van der Waals surface area contributed by atoms with Gasteiger partial charge in [-0.1, -0.05) is 6.07 Å². The summed E-state index contributed by atoms with van der Waals surface area (Å²) in [4.78, 5) is 39.4. The molecule has 7 heteroatoms. The zero-order chi connectivity index (χ0) is 16.7. The summed E-state index contributed by atoms with van der Waals surface area (Å²) in [7, 11) is 0. The predicted molar refractivity (Wildman–Crippen MR) is 89.8 cm³/mol. The third-order valence-electron chi connectivity index (χ3n) is 3.66. The Bertz CT molecular complexity index is 575. The molecule has 0 saturated carbocycles. The van der Waals surface area contributed by atoms with Crippen LogP contribution < -0.4 is 5.32 Å².